The van der Waals surface area contributed by atoms with E-state index >= 15 is 0 Å². The summed E-state index contributed by atoms with van der Waals surface area (Å²) in [6, 6.07) is 10.6. The summed E-state index contributed by atoms with van der Waals surface area (Å²) in [5.41, 5.74) is 6.81. The first-order valence-electron chi connectivity index (χ1n) is 6.35. The molecule has 2 rings (SSSR count). The zero-order valence-electron chi connectivity index (χ0n) is 10.6. The van der Waals surface area contributed by atoms with E-state index in [0.717, 1.165) is 25.7 Å². The third kappa shape index (κ3) is 3.52. The Labute approximate surface area is 109 Å². The largest absolute Gasteiger partial charge is 0.390 e. The van der Waals surface area contributed by atoms with Gasteiger partial charge in [0, 0.05) is 0 Å². The van der Waals surface area contributed by atoms with Crippen molar-refractivity contribution in [1.82, 2.24) is 5.48 Å². The highest BCUT2D eigenvalue weighted by molar-refractivity contribution is 5.27. The molecule has 0 spiro atoms. The zero-order chi connectivity index (χ0) is 12.6. The molecule has 2 nitrogen and oxygen atoms in total. The first-order valence-corrected chi connectivity index (χ1v) is 6.35. The van der Waals surface area contributed by atoms with Crippen LogP contribution < -0.4 is 5.48 Å². The van der Waals surface area contributed by atoms with Gasteiger partial charge >= 0.3 is 0 Å². The van der Waals surface area contributed by atoms with E-state index in [4.69, 9.17) is 4.84 Å². The van der Waals surface area contributed by atoms with Crippen LogP contribution in [0.3, 0.4) is 0 Å². The molecule has 1 aliphatic heterocycles. The van der Waals surface area contributed by atoms with E-state index in [9.17, 15) is 0 Å². The van der Waals surface area contributed by atoms with Crippen molar-refractivity contribution >= 4 is 0 Å². The van der Waals surface area contributed by atoms with Crippen LogP contribution >= 0.6 is 0 Å². The van der Waals surface area contributed by atoms with Gasteiger partial charge in [0.15, 0.2) is 0 Å². The van der Waals surface area contributed by atoms with Crippen LogP contribution in [0.2, 0.25) is 0 Å². The summed E-state index contributed by atoms with van der Waals surface area (Å²) >= 11 is 0. The van der Waals surface area contributed by atoms with Gasteiger partial charge in [0.25, 0.3) is 0 Å². The van der Waals surface area contributed by atoms with Gasteiger partial charge in [-0.05, 0) is 42.9 Å². The van der Waals surface area contributed by atoms with Crippen LogP contribution in [-0.4, -0.2) is 0 Å². The van der Waals surface area contributed by atoms with Gasteiger partial charge in [-0.1, -0.05) is 36.4 Å². The Morgan fingerprint density at radius 3 is 2.78 bits per heavy atom. The molecule has 0 aromatic heterocycles. The smallest absolute Gasteiger partial charge is 0.119 e. The van der Waals surface area contributed by atoms with Gasteiger partial charge in [-0.3, -0.25) is 0 Å². The van der Waals surface area contributed by atoms with Crippen molar-refractivity contribution in [1.29, 1.82) is 0 Å². The molecule has 0 bridgehead atoms. The maximum absolute atomic E-state index is 5.14. The zero-order valence-corrected chi connectivity index (χ0v) is 10.6. The van der Waals surface area contributed by atoms with Gasteiger partial charge in [-0.25, -0.2) is 5.48 Å². The standard InChI is InChI=1S/C16H19NO/c1-2-7-15-12-13-18-17-16(15)11-6-10-14-8-4-3-5-9-14/h2-5,8-9,12-13,17H,1,6-7,10-11H2. The molecule has 1 aliphatic rings. The van der Waals surface area contributed by atoms with Gasteiger partial charge < -0.3 is 4.84 Å². The topological polar surface area (TPSA) is 21.3 Å². The van der Waals surface area contributed by atoms with Gasteiger partial charge in [0.2, 0.25) is 0 Å². The lowest BCUT2D eigenvalue weighted by Crippen LogP contribution is -2.16. The average molecular weight is 241 g/mol. The first kappa shape index (κ1) is 12.5. The van der Waals surface area contributed by atoms with Crippen LogP contribution in [-0.2, 0) is 11.3 Å². The molecule has 0 unspecified atom stereocenters. The molecule has 18 heavy (non-hydrogen) atoms. The summed E-state index contributed by atoms with van der Waals surface area (Å²) in [4.78, 5) is 5.14. The van der Waals surface area contributed by atoms with Crippen LogP contribution in [0, 0.1) is 0 Å². The van der Waals surface area contributed by atoms with E-state index in [1.54, 1.807) is 6.26 Å². The molecule has 2 heteroatoms. The summed E-state index contributed by atoms with van der Waals surface area (Å²) in [5, 5.41) is 0. The van der Waals surface area contributed by atoms with Gasteiger partial charge in [-0.2, -0.15) is 0 Å². The van der Waals surface area contributed by atoms with Crippen molar-refractivity contribution in [2.45, 2.75) is 25.7 Å². The number of nitrogens with one attached hydrogen (secondary N) is 1. The Morgan fingerprint density at radius 2 is 2.00 bits per heavy atom. The van der Waals surface area contributed by atoms with Gasteiger partial charge in [0.1, 0.15) is 6.26 Å². The van der Waals surface area contributed by atoms with Crippen LogP contribution in [0.5, 0.6) is 0 Å². The Bertz CT molecular complexity index is 445. The highest BCUT2D eigenvalue weighted by atomic mass is 16.6. The van der Waals surface area contributed by atoms with Crippen molar-refractivity contribution in [3.8, 4) is 0 Å². The van der Waals surface area contributed by atoms with Crippen LogP contribution in [0.25, 0.3) is 0 Å². The van der Waals surface area contributed by atoms with Crippen molar-refractivity contribution < 1.29 is 4.84 Å². The van der Waals surface area contributed by atoms with Crippen molar-refractivity contribution in [2.24, 2.45) is 0 Å². The SMILES string of the molecule is C=CCC1=C(CCCc2ccccc2)NOC=C1. The third-order valence-electron chi connectivity index (χ3n) is 3.01. The molecular weight excluding hydrogens is 222 g/mol. The number of allylic oxidation sites excluding steroid dienone is 4. The molecule has 0 amide bonds. The molecule has 1 heterocycles. The fraction of sp³-hybridized carbons (Fsp3) is 0.250. The molecule has 0 saturated heterocycles. The molecule has 1 aromatic carbocycles. The summed E-state index contributed by atoms with van der Waals surface area (Å²) < 4.78 is 0. The Balaban J connectivity index is 1.88. The second kappa shape index (κ2) is 6.70. The van der Waals surface area contributed by atoms with Crippen LogP contribution in [0.15, 0.2) is 66.6 Å². The second-order valence-electron chi connectivity index (χ2n) is 4.36. The maximum Gasteiger partial charge on any atom is 0.119 e. The van der Waals surface area contributed by atoms with E-state index < -0.39 is 0 Å². The maximum atomic E-state index is 5.14. The number of rotatable bonds is 6. The fourth-order valence-electron chi connectivity index (χ4n) is 2.06. The summed E-state index contributed by atoms with van der Waals surface area (Å²) in [7, 11) is 0. The molecular formula is C16H19NO. The number of hydrogen-bond donors (Lipinski definition) is 1. The lowest BCUT2D eigenvalue weighted by Gasteiger charge is -2.17. The normalized spacial score (nSPS) is 14.0. The highest BCUT2D eigenvalue weighted by Gasteiger charge is 2.07. The monoisotopic (exact) mass is 241 g/mol. The molecule has 0 fully saturated rings. The average Bonchev–Trinajstić information content (AvgIpc) is 2.42. The van der Waals surface area contributed by atoms with Crippen LogP contribution in [0.4, 0.5) is 0 Å². The summed E-state index contributed by atoms with van der Waals surface area (Å²) in [5.74, 6) is 0. The molecule has 1 N–H and O–H groups in total. The highest BCUT2D eigenvalue weighted by Crippen LogP contribution is 2.18. The van der Waals surface area contributed by atoms with Crippen LogP contribution in [0.1, 0.15) is 24.8 Å². The lowest BCUT2D eigenvalue weighted by molar-refractivity contribution is 0.153. The minimum atomic E-state index is 0.882. The van der Waals surface area contributed by atoms with Gasteiger partial charge in [-0.15, -0.1) is 6.58 Å². The molecule has 0 aliphatic carbocycles. The van der Waals surface area contributed by atoms with E-state index in [1.165, 1.54) is 16.8 Å². The predicted molar refractivity (Wildman–Crippen MR) is 74.6 cm³/mol. The minimum absolute atomic E-state index is 0.882. The fourth-order valence-corrected chi connectivity index (χ4v) is 2.06. The molecule has 0 atom stereocenters. The summed E-state index contributed by atoms with van der Waals surface area (Å²) in [6.07, 6.45) is 9.71. The van der Waals surface area contributed by atoms with Crippen molar-refractivity contribution in [2.75, 3.05) is 0 Å². The molecule has 0 saturated carbocycles. The first-order chi connectivity index (χ1) is 8.90. The van der Waals surface area contributed by atoms with E-state index in [-0.39, 0.29) is 0 Å². The molecule has 94 valence electrons. The second-order valence-corrected chi connectivity index (χ2v) is 4.36. The number of benzene rings is 1. The van der Waals surface area contributed by atoms with E-state index in [2.05, 4.69) is 42.4 Å². The quantitative estimate of drug-likeness (QED) is 0.763. The number of aryl methyl sites for hydroxylation is 1. The third-order valence-corrected chi connectivity index (χ3v) is 3.01. The molecule has 1 aromatic rings. The van der Waals surface area contributed by atoms with Crippen molar-refractivity contribution in [3.05, 3.63) is 72.2 Å². The summed E-state index contributed by atoms with van der Waals surface area (Å²) in [6.45, 7) is 3.78. The Kier molecular flexibility index (Phi) is 4.65. The predicted octanol–water partition coefficient (Wildman–Crippen LogP) is 3.89. The van der Waals surface area contributed by atoms with Gasteiger partial charge in [0.05, 0.1) is 5.70 Å². The lowest BCUT2D eigenvalue weighted by atomic mass is 10.0. The molecule has 0 radical (unpaired) electrons. The Morgan fingerprint density at radius 1 is 1.17 bits per heavy atom. The minimum Gasteiger partial charge on any atom is -0.390 e. The van der Waals surface area contributed by atoms with E-state index in [0.29, 0.717) is 0 Å². The number of hydroxylamine groups is 1. The Hall–Kier alpha value is -1.96. The van der Waals surface area contributed by atoms with Crippen molar-refractivity contribution in [3.63, 3.8) is 0 Å². The van der Waals surface area contributed by atoms with E-state index in [1.807, 2.05) is 12.2 Å². The number of hydrogen-bond acceptors (Lipinski definition) is 2.